The normalized spacial score (nSPS) is 20.8. The number of aryl methyl sites for hydroxylation is 1. The molecule has 0 saturated carbocycles. The van der Waals surface area contributed by atoms with Crippen molar-refractivity contribution in [2.75, 3.05) is 0 Å². The fourth-order valence-corrected chi connectivity index (χ4v) is 1.46. The number of para-hydroxylation sites is 1. The summed E-state index contributed by atoms with van der Waals surface area (Å²) in [5.74, 6) is 0.942. The molecule has 62 valence electrons. The Hall–Kier alpha value is -1.31. The fourth-order valence-electron chi connectivity index (χ4n) is 1.46. The molecule has 0 aliphatic carbocycles. The molecule has 1 aromatic rings. The van der Waals surface area contributed by atoms with Gasteiger partial charge in [0.15, 0.2) is 0 Å². The van der Waals surface area contributed by atoms with E-state index >= 15 is 0 Å². The molecule has 0 spiro atoms. The van der Waals surface area contributed by atoms with Crippen molar-refractivity contribution in [1.29, 1.82) is 5.41 Å². The van der Waals surface area contributed by atoms with Crippen LogP contribution in [0.4, 0.5) is 0 Å². The Morgan fingerprint density at radius 3 is 3.08 bits per heavy atom. The largest absolute Gasteiger partial charge is 0.485 e. The number of nitrogens with one attached hydrogen (secondary N) is 1. The molecule has 1 aromatic carbocycles. The van der Waals surface area contributed by atoms with E-state index in [2.05, 4.69) is 6.07 Å². The summed E-state index contributed by atoms with van der Waals surface area (Å²) in [7, 11) is 0. The molecule has 1 aliphatic heterocycles. The second kappa shape index (κ2) is 2.97. The fraction of sp³-hybridized carbons (Fsp3) is 0.300. The Kier molecular flexibility index (Phi) is 1.82. The van der Waals surface area contributed by atoms with Gasteiger partial charge in [-0.15, -0.1) is 0 Å². The van der Waals surface area contributed by atoms with Crippen LogP contribution in [-0.4, -0.2) is 12.3 Å². The quantitative estimate of drug-likeness (QED) is 0.628. The van der Waals surface area contributed by atoms with Gasteiger partial charge in [-0.3, -0.25) is 0 Å². The summed E-state index contributed by atoms with van der Waals surface area (Å²) in [4.78, 5) is 0. The molecule has 0 aromatic heterocycles. The SMILES string of the molecule is N=CC1CCc2ccccc2O1. The van der Waals surface area contributed by atoms with Crippen LogP contribution in [0.15, 0.2) is 24.3 Å². The standard InChI is InChI=1S/C10H11NO/c11-7-9-6-5-8-3-1-2-4-10(8)12-9/h1-4,7,9,11H,5-6H2. The molecule has 0 amide bonds. The second-order valence-corrected chi connectivity index (χ2v) is 2.97. The van der Waals surface area contributed by atoms with Crippen molar-refractivity contribution >= 4 is 6.21 Å². The van der Waals surface area contributed by atoms with Crippen LogP contribution in [0.3, 0.4) is 0 Å². The van der Waals surface area contributed by atoms with E-state index in [0.29, 0.717) is 0 Å². The summed E-state index contributed by atoms with van der Waals surface area (Å²) < 4.78 is 5.54. The maximum Gasteiger partial charge on any atom is 0.133 e. The summed E-state index contributed by atoms with van der Waals surface area (Å²) in [6.45, 7) is 0. The number of benzene rings is 1. The highest BCUT2D eigenvalue weighted by atomic mass is 16.5. The number of hydrogen-bond acceptors (Lipinski definition) is 2. The molecule has 2 rings (SSSR count). The molecule has 1 unspecified atom stereocenters. The smallest absolute Gasteiger partial charge is 0.133 e. The molecule has 0 fully saturated rings. The molecule has 1 N–H and O–H groups in total. The van der Waals surface area contributed by atoms with Crippen molar-refractivity contribution in [2.45, 2.75) is 18.9 Å². The van der Waals surface area contributed by atoms with Gasteiger partial charge in [0.05, 0.1) is 0 Å². The first-order chi connectivity index (χ1) is 5.90. The second-order valence-electron chi connectivity index (χ2n) is 2.97. The molecule has 0 saturated heterocycles. The molecule has 12 heavy (non-hydrogen) atoms. The van der Waals surface area contributed by atoms with Crippen molar-refractivity contribution in [1.82, 2.24) is 0 Å². The topological polar surface area (TPSA) is 33.1 Å². The van der Waals surface area contributed by atoms with Gasteiger partial charge in [0, 0.05) is 6.21 Å². The average Bonchev–Trinajstić information content (AvgIpc) is 2.17. The first kappa shape index (κ1) is 7.35. The van der Waals surface area contributed by atoms with Crippen LogP contribution in [0.1, 0.15) is 12.0 Å². The lowest BCUT2D eigenvalue weighted by Gasteiger charge is -2.22. The Balaban J connectivity index is 2.28. The minimum absolute atomic E-state index is 0.0140. The highest BCUT2D eigenvalue weighted by Gasteiger charge is 2.16. The Morgan fingerprint density at radius 1 is 1.42 bits per heavy atom. The minimum Gasteiger partial charge on any atom is -0.485 e. The number of fused-ring (bicyclic) bond motifs is 1. The first-order valence-corrected chi connectivity index (χ1v) is 4.15. The lowest BCUT2D eigenvalue weighted by molar-refractivity contribution is 0.239. The summed E-state index contributed by atoms with van der Waals surface area (Å²) in [6, 6.07) is 8.03. The maximum atomic E-state index is 7.09. The van der Waals surface area contributed by atoms with Gasteiger partial charge in [0.1, 0.15) is 11.9 Å². The molecule has 1 atom stereocenters. The van der Waals surface area contributed by atoms with E-state index in [1.54, 1.807) is 0 Å². The van der Waals surface area contributed by atoms with E-state index in [1.165, 1.54) is 11.8 Å². The zero-order chi connectivity index (χ0) is 8.39. The molecule has 1 aliphatic rings. The predicted octanol–water partition coefficient (Wildman–Crippen LogP) is 2.03. The molecule has 2 heteroatoms. The van der Waals surface area contributed by atoms with Gasteiger partial charge in [-0.05, 0) is 24.5 Å². The molecule has 0 bridgehead atoms. The van der Waals surface area contributed by atoms with Crippen molar-refractivity contribution in [3.8, 4) is 5.75 Å². The van der Waals surface area contributed by atoms with E-state index in [9.17, 15) is 0 Å². The van der Waals surface area contributed by atoms with Gasteiger partial charge in [-0.25, -0.2) is 0 Å². The lowest BCUT2D eigenvalue weighted by atomic mass is 10.0. The van der Waals surface area contributed by atoms with Crippen molar-refractivity contribution in [3.05, 3.63) is 29.8 Å². The zero-order valence-corrected chi connectivity index (χ0v) is 6.79. The van der Waals surface area contributed by atoms with Crippen molar-refractivity contribution in [2.24, 2.45) is 0 Å². The third-order valence-corrected chi connectivity index (χ3v) is 2.14. The summed E-state index contributed by atoms with van der Waals surface area (Å²) in [5, 5.41) is 7.09. The maximum absolute atomic E-state index is 7.09. The molecule has 0 radical (unpaired) electrons. The van der Waals surface area contributed by atoms with Crippen molar-refractivity contribution < 1.29 is 4.74 Å². The Labute approximate surface area is 71.7 Å². The van der Waals surface area contributed by atoms with E-state index < -0.39 is 0 Å². The zero-order valence-electron chi connectivity index (χ0n) is 6.79. The third-order valence-electron chi connectivity index (χ3n) is 2.14. The van der Waals surface area contributed by atoms with E-state index in [-0.39, 0.29) is 6.10 Å². The summed E-state index contributed by atoms with van der Waals surface area (Å²) >= 11 is 0. The van der Waals surface area contributed by atoms with Crippen LogP contribution in [0.2, 0.25) is 0 Å². The van der Waals surface area contributed by atoms with Crippen LogP contribution >= 0.6 is 0 Å². The highest BCUT2D eigenvalue weighted by Crippen LogP contribution is 2.25. The van der Waals surface area contributed by atoms with Crippen LogP contribution < -0.4 is 4.74 Å². The van der Waals surface area contributed by atoms with Gasteiger partial charge < -0.3 is 10.1 Å². The minimum atomic E-state index is -0.0140. The number of ether oxygens (including phenoxy) is 1. The predicted molar refractivity (Wildman–Crippen MR) is 48.0 cm³/mol. The third kappa shape index (κ3) is 1.20. The average molecular weight is 161 g/mol. The van der Waals surface area contributed by atoms with Crippen LogP contribution in [0, 0.1) is 5.41 Å². The van der Waals surface area contributed by atoms with Crippen LogP contribution in [-0.2, 0) is 6.42 Å². The van der Waals surface area contributed by atoms with Gasteiger partial charge in [0.2, 0.25) is 0 Å². The van der Waals surface area contributed by atoms with E-state index in [0.717, 1.165) is 18.6 Å². The Morgan fingerprint density at radius 2 is 2.25 bits per heavy atom. The number of hydrogen-bond donors (Lipinski definition) is 1. The van der Waals surface area contributed by atoms with Crippen LogP contribution in [0.25, 0.3) is 0 Å². The van der Waals surface area contributed by atoms with Gasteiger partial charge in [-0.2, -0.15) is 0 Å². The van der Waals surface area contributed by atoms with Crippen LogP contribution in [0.5, 0.6) is 5.75 Å². The molecule has 1 heterocycles. The van der Waals surface area contributed by atoms with E-state index in [1.807, 2.05) is 18.2 Å². The highest BCUT2D eigenvalue weighted by molar-refractivity contribution is 5.61. The van der Waals surface area contributed by atoms with Gasteiger partial charge in [-0.1, -0.05) is 18.2 Å². The Bertz CT molecular complexity index is 296. The van der Waals surface area contributed by atoms with Gasteiger partial charge in [0.25, 0.3) is 0 Å². The van der Waals surface area contributed by atoms with E-state index in [4.69, 9.17) is 10.1 Å². The monoisotopic (exact) mass is 161 g/mol. The first-order valence-electron chi connectivity index (χ1n) is 4.15. The lowest BCUT2D eigenvalue weighted by Crippen LogP contribution is -2.23. The molecular weight excluding hydrogens is 150 g/mol. The number of rotatable bonds is 1. The summed E-state index contributed by atoms with van der Waals surface area (Å²) in [5.41, 5.74) is 1.26. The molecule has 2 nitrogen and oxygen atoms in total. The molecular formula is C10H11NO. The van der Waals surface area contributed by atoms with Gasteiger partial charge >= 0.3 is 0 Å². The van der Waals surface area contributed by atoms with Crippen molar-refractivity contribution in [3.63, 3.8) is 0 Å². The summed E-state index contributed by atoms with van der Waals surface area (Å²) in [6.07, 6.45) is 3.31.